The maximum absolute atomic E-state index is 10.6. The summed E-state index contributed by atoms with van der Waals surface area (Å²) in [4.78, 5) is 14.1. The van der Waals surface area contributed by atoms with Gasteiger partial charge >= 0.3 is 5.97 Å². The maximum atomic E-state index is 10.6. The zero-order valence-electron chi connectivity index (χ0n) is 12.4. The van der Waals surface area contributed by atoms with Gasteiger partial charge in [0.05, 0.1) is 0 Å². The smallest absolute Gasteiger partial charge is 0.296 e. The van der Waals surface area contributed by atoms with E-state index in [1.54, 1.807) is 6.08 Å². The predicted octanol–water partition coefficient (Wildman–Crippen LogP) is 5.26. The first kappa shape index (κ1) is 18.2. The molecule has 19 heavy (non-hydrogen) atoms. The fourth-order valence-corrected chi connectivity index (χ4v) is 2.14. The molecule has 0 atom stereocenters. The number of carbonyl (C=O) groups is 1. The fourth-order valence-electron chi connectivity index (χ4n) is 2.14. The van der Waals surface area contributed by atoms with Gasteiger partial charge in [0.15, 0.2) is 0 Å². The van der Waals surface area contributed by atoms with Crippen LogP contribution in [0.1, 0.15) is 84.0 Å². The molecule has 0 saturated heterocycles. The molecule has 0 aromatic carbocycles. The van der Waals surface area contributed by atoms with E-state index in [0.29, 0.717) is 0 Å². The molecule has 0 aliphatic rings. The molecule has 1 N–H and O–H groups in total. The Morgan fingerprint density at radius 1 is 0.895 bits per heavy atom. The van der Waals surface area contributed by atoms with Gasteiger partial charge in [0, 0.05) is 6.08 Å². The Morgan fingerprint density at radius 2 is 1.37 bits per heavy atom. The van der Waals surface area contributed by atoms with Gasteiger partial charge in [0.1, 0.15) is 0 Å². The average Bonchev–Trinajstić information content (AvgIpc) is 2.43. The van der Waals surface area contributed by atoms with Crippen molar-refractivity contribution < 1.29 is 14.9 Å². The first-order valence-corrected chi connectivity index (χ1v) is 7.83. The van der Waals surface area contributed by atoms with E-state index in [1.165, 1.54) is 70.3 Å². The van der Waals surface area contributed by atoms with Crippen LogP contribution in [0.2, 0.25) is 0 Å². The van der Waals surface area contributed by atoms with Crippen molar-refractivity contribution in [2.45, 2.75) is 84.0 Å². The van der Waals surface area contributed by atoms with Gasteiger partial charge in [0.2, 0.25) is 0 Å². The molecule has 0 aliphatic heterocycles. The minimum atomic E-state index is -0.692. The van der Waals surface area contributed by atoms with Crippen LogP contribution in [-0.2, 0) is 9.68 Å². The van der Waals surface area contributed by atoms with E-state index in [1.807, 2.05) is 0 Å². The van der Waals surface area contributed by atoms with Gasteiger partial charge in [-0.25, -0.2) is 4.79 Å². The molecular formula is C16H30O3. The second-order valence-electron chi connectivity index (χ2n) is 5.14. The van der Waals surface area contributed by atoms with Crippen LogP contribution < -0.4 is 0 Å². The lowest BCUT2D eigenvalue weighted by atomic mass is 10.1. The van der Waals surface area contributed by atoms with Crippen LogP contribution >= 0.6 is 0 Å². The van der Waals surface area contributed by atoms with Gasteiger partial charge in [0.25, 0.3) is 0 Å². The van der Waals surface area contributed by atoms with Gasteiger partial charge in [-0.1, -0.05) is 77.2 Å². The van der Waals surface area contributed by atoms with Crippen molar-refractivity contribution >= 4 is 5.97 Å². The quantitative estimate of drug-likeness (QED) is 0.215. The van der Waals surface area contributed by atoms with Crippen molar-refractivity contribution in [3.63, 3.8) is 0 Å². The minimum Gasteiger partial charge on any atom is -0.296 e. The maximum Gasteiger partial charge on any atom is 0.365 e. The first-order chi connectivity index (χ1) is 9.31. The summed E-state index contributed by atoms with van der Waals surface area (Å²) in [6.07, 6.45) is 18.5. The molecule has 0 unspecified atom stereocenters. The van der Waals surface area contributed by atoms with Crippen LogP contribution in [0, 0.1) is 0 Å². The Hall–Kier alpha value is -0.830. The normalized spacial score (nSPS) is 11.1. The fraction of sp³-hybridized carbons (Fsp3) is 0.812. The molecule has 0 saturated carbocycles. The van der Waals surface area contributed by atoms with Crippen molar-refractivity contribution in [1.82, 2.24) is 0 Å². The second kappa shape index (κ2) is 15.2. The molecule has 0 spiro atoms. The zero-order chi connectivity index (χ0) is 14.2. The molecule has 0 aliphatic carbocycles. The number of allylic oxidation sites excluding steroid dienone is 1. The lowest BCUT2D eigenvalue weighted by molar-refractivity contribution is -0.228. The van der Waals surface area contributed by atoms with E-state index in [4.69, 9.17) is 5.26 Å². The summed E-state index contributed by atoms with van der Waals surface area (Å²) in [6, 6.07) is 0. The lowest BCUT2D eigenvalue weighted by Crippen LogP contribution is -1.93. The number of carbonyl (C=O) groups excluding carboxylic acids is 1. The van der Waals surface area contributed by atoms with E-state index >= 15 is 0 Å². The molecule has 3 nitrogen and oxygen atoms in total. The molecule has 0 heterocycles. The first-order valence-electron chi connectivity index (χ1n) is 7.83. The number of hydrogen-bond donors (Lipinski definition) is 1. The van der Waals surface area contributed by atoms with E-state index in [-0.39, 0.29) is 0 Å². The Morgan fingerprint density at radius 3 is 1.84 bits per heavy atom. The second-order valence-corrected chi connectivity index (χ2v) is 5.14. The lowest BCUT2D eigenvalue weighted by Gasteiger charge is -2.01. The predicted molar refractivity (Wildman–Crippen MR) is 78.9 cm³/mol. The summed E-state index contributed by atoms with van der Waals surface area (Å²) in [5.41, 5.74) is 0. The van der Waals surface area contributed by atoms with Crippen molar-refractivity contribution in [1.29, 1.82) is 0 Å². The van der Waals surface area contributed by atoms with Crippen LogP contribution in [0.3, 0.4) is 0 Å². The average molecular weight is 270 g/mol. The van der Waals surface area contributed by atoms with Gasteiger partial charge in [-0.15, -0.1) is 0 Å². The van der Waals surface area contributed by atoms with Gasteiger partial charge in [-0.2, -0.15) is 5.26 Å². The SMILES string of the molecule is CCCCCCCCCCCCCC=CC(=O)OO. The molecule has 0 fully saturated rings. The molecule has 3 heteroatoms. The molecular weight excluding hydrogens is 240 g/mol. The largest absolute Gasteiger partial charge is 0.365 e. The standard InChI is InChI=1S/C16H30O3/c1-2-3-4-5-6-7-8-9-10-11-12-13-14-15-16(17)19-18/h14-15,18H,2-13H2,1H3. The van der Waals surface area contributed by atoms with E-state index in [9.17, 15) is 4.79 Å². The highest BCUT2D eigenvalue weighted by Gasteiger charge is 1.94. The van der Waals surface area contributed by atoms with Crippen LogP contribution in [0.15, 0.2) is 12.2 Å². The third-order valence-electron chi connectivity index (χ3n) is 3.32. The summed E-state index contributed by atoms with van der Waals surface area (Å²) < 4.78 is 0. The molecule has 112 valence electrons. The summed E-state index contributed by atoms with van der Waals surface area (Å²) in [6.45, 7) is 2.25. The van der Waals surface area contributed by atoms with Crippen LogP contribution in [-0.4, -0.2) is 11.2 Å². The Kier molecular flexibility index (Phi) is 14.6. The van der Waals surface area contributed by atoms with Crippen molar-refractivity contribution in [2.24, 2.45) is 0 Å². The third-order valence-corrected chi connectivity index (χ3v) is 3.32. The zero-order valence-corrected chi connectivity index (χ0v) is 12.4. The minimum absolute atomic E-state index is 0.692. The van der Waals surface area contributed by atoms with Crippen LogP contribution in [0.25, 0.3) is 0 Å². The third kappa shape index (κ3) is 15.1. The number of unbranched alkanes of at least 4 members (excludes halogenated alkanes) is 11. The van der Waals surface area contributed by atoms with Crippen LogP contribution in [0.4, 0.5) is 0 Å². The van der Waals surface area contributed by atoms with Crippen molar-refractivity contribution in [2.75, 3.05) is 0 Å². The summed E-state index contributed by atoms with van der Waals surface area (Å²) in [5, 5.41) is 8.03. The number of hydrogen-bond acceptors (Lipinski definition) is 3. The summed E-state index contributed by atoms with van der Waals surface area (Å²) >= 11 is 0. The highest BCUT2D eigenvalue weighted by atomic mass is 17.1. The Bertz CT molecular complexity index is 224. The summed E-state index contributed by atoms with van der Waals surface area (Å²) in [7, 11) is 0. The van der Waals surface area contributed by atoms with Gasteiger partial charge in [-0.3, -0.25) is 4.89 Å². The van der Waals surface area contributed by atoms with Crippen molar-refractivity contribution in [3.8, 4) is 0 Å². The highest BCUT2D eigenvalue weighted by molar-refractivity contribution is 5.81. The number of rotatable bonds is 13. The van der Waals surface area contributed by atoms with Crippen molar-refractivity contribution in [3.05, 3.63) is 12.2 Å². The molecule has 0 rings (SSSR count). The summed E-state index contributed by atoms with van der Waals surface area (Å²) in [5.74, 6) is -0.692. The highest BCUT2D eigenvalue weighted by Crippen LogP contribution is 2.11. The molecule has 0 bridgehead atoms. The van der Waals surface area contributed by atoms with Crippen LogP contribution in [0.5, 0.6) is 0 Å². The molecule has 0 amide bonds. The topological polar surface area (TPSA) is 46.5 Å². The van der Waals surface area contributed by atoms with Gasteiger partial charge < -0.3 is 0 Å². The molecule has 0 aromatic heterocycles. The Balaban J connectivity index is 3.07. The monoisotopic (exact) mass is 270 g/mol. The van der Waals surface area contributed by atoms with E-state index in [0.717, 1.165) is 12.8 Å². The van der Waals surface area contributed by atoms with Gasteiger partial charge in [-0.05, 0) is 12.8 Å². The Labute approximate surface area is 118 Å². The molecule has 0 aromatic rings. The van der Waals surface area contributed by atoms with E-state index < -0.39 is 5.97 Å². The molecule has 0 radical (unpaired) electrons. The van der Waals surface area contributed by atoms with E-state index in [2.05, 4.69) is 11.8 Å².